The summed E-state index contributed by atoms with van der Waals surface area (Å²) in [7, 11) is 0. The second kappa shape index (κ2) is 11.4. The number of fused-ring (bicyclic) bond motifs is 1. The number of carbonyl (C=O) groups excluding carboxylic acids is 3. The van der Waals surface area contributed by atoms with Gasteiger partial charge in [0, 0.05) is 61.3 Å². The van der Waals surface area contributed by atoms with Crippen molar-refractivity contribution in [1.82, 2.24) is 20.0 Å². The predicted octanol–water partition coefficient (Wildman–Crippen LogP) is 2.37. The highest BCUT2D eigenvalue weighted by Gasteiger charge is 2.44. The molecular formula is C26H34Cl2N4O5. The van der Waals surface area contributed by atoms with Crippen LogP contribution >= 0.6 is 23.2 Å². The highest BCUT2D eigenvalue weighted by Crippen LogP contribution is 2.41. The summed E-state index contributed by atoms with van der Waals surface area (Å²) in [4.78, 5) is 43.5. The fourth-order valence-corrected chi connectivity index (χ4v) is 6.77. The number of nitrogens with one attached hydrogen (secondary N) is 1. The Balaban J connectivity index is 1.04. The van der Waals surface area contributed by atoms with Gasteiger partial charge in [0.2, 0.25) is 11.8 Å². The van der Waals surface area contributed by atoms with Crippen LogP contribution in [0.5, 0.6) is 0 Å². The van der Waals surface area contributed by atoms with E-state index in [9.17, 15) is 19.5 Å². The molecule has 0 spiro atoms. The molecule has 3 aliphatic heterocycles. The van der Waals surface area contributed by atoms with Gasteiger partial charge in [-0.15, -0.1) is 0 Å². The molecule has 0 aromatic heterocycles. The lowest BCUT2D eigenvalue weighted by Crippen LogP contribution is -2.55. The minimum atomic E-state index is -0.409. The second-order valence-corrected chi connectivity index (χ2v) is 11.8. The zero-order valence-electron chi connectivity index (χ0n) is 20.8. The molecule has 1 aromatic rings. The van der Waals surface area contributed by atoms with E-state index in [4.69, 9.17) is 27.9 Å². The van der Waals surface area contributed by atoms with Gasteiger partial charge in [-0.3, -0.25) is 14.5 Å². The third kappa shape index (κ3) is 6.50. The van der Waals surface area contributed by atoms with E-state index in [0.717, 1.165) is 44.3 Å². The first-order valence-electron chi connectivity index (χ1n) is 13.1. The maximum Gasteiger partial charge on any atom is 0.410 e. The number of benzene rings is 1. The molecule has 2 unspecified atom stereocenters. The van der Waals surface area contributed by atoms with E-state index >= 15 is 0 Å². The molecule has 0 bridgehead atoms. The van der Waals surface area contributed by atoms with Crippen LogP contribution in [0.4, 0.5) is 4.79 Å². The number of carbonyl (C=O) groups is 3. The summed E-state index contributed by atoms with van der Waals surface area (Å²) < 4.78 is 5.46. The zero-order valence-corrected chi connectivity index (χ0v) is 22.3. The Morgan fingerprint density at radius 3 is 2.30 bits per heavy atom. The van der Waals surface area contributed by atoms with Crippen molar-refractivity contribution in [3.63, 3.8) is 0 Å². The van der Waals surface area contributed by atoms with E-state index in [1.165, 1.54) is 0 Å². The van der Waals surface area contributed by atoms with Gasteiger partial charge in [-0.1, -0.05) is 23.2 Å². The lowest BCUT2D eigenvalue weighted by atomic mass is 10.0. The SMILES string of the molecule is O=C(N[C@@H]1CCCN(C(=O)OCc2cc(Cl)cc(Cl)c2)C1)C1CC2CN(CC(=O)N3CC(O)C3)CC2C1. The van der Waals surface area contributed by atoms with Crippen molar-refractivity contribution >= 4 is 41.1 Å². The predicted molar refractivity (Wildman–Crippen MR) is 138 cm³/mol. The maximum atomic E-state index is 13.1. The van der Waals surface area contributed by atoms with Crippen LogP contribution < -0.4 is 5.32 Å². The fraction of sp³-hybridized carbons (Fsp3) is 0.654. The maximum absolute atomic E-state index is 13.1. The Kier molecular flexibility index (Phi) is 8.14. The largest absolute Gasteiger partial charge is 0.445 e. The van der Waals surface area contributed by atoms with Gasteiger partial charge in [0.15, 0.2) is 0 Å². The molecule has 5 rings (SSSR count). The molecule has 3 amide bonds. The third-order valence-corrected chi connectivity index (χ3v) is 8.52. The van der Waals surface area contributed by atoms with Gasteiger partial charge in [0.1, 0.15) is 6.61 Å². The Morgan fingerprint density at radius 2 is 1.65 bits per heavy atom. The number of likely N-dealkylation sites (tertiary alicyclic amines) is 3. The lowest BCUT2D eigenvalue weighted by Gasteiger charge is -2.37. The minimum Gasteiger partial charge on any atom is -0.445 e. The van der Waals surface area contributed by atoms with Crippen LogP contribution in [0.1, 0.15) is 31.2 Å². The van der Waals surface area contributed by atoms with Gasteiger partial charge in [0.25, 0.3) is 0 Å². The summed E-state index contributed by atoms with van der Waals surface area (Å²) in [6.07, 6.45) is 2.52. The van der Waals surface area contributed by atoms with E-state index < -0.39 is 6.09 Å². The molecule has 3 saturated heterocycles. The minimum absolute atomic E-state index is 0.0201. The average molecular weight is 553 g/mol. The first kappa shape index (κ1) is 26.5. The Morgan fingerprint density at radius 1 is 0.973 bits per heavy atom. The molecule has 4 aliphatic rings. The van der Waals surface area contributed by atoms with Gasteiger partial charge >= 0.3 is 6.09 Å². The number of aliphatic hydroxyl groups is 1. The van der Waals surface area contributed by atoms with E-state index in [2.05, 4.69) is 10.2 Å². The van der Waals surface area contributed by atoms with Crippen LogP contribution in [0.3, 0.4) is 0 Å². The number of amides is 3. The molecule has 0 radical (unpaired) electrons. The molecule has 202 valence electrons. The van der Waals surface area contributed by atoms with Crippen LogP contribution in [0, 0.1) is 17.8 Å². The summed E-state index contributed by atoms with van der Waals surface area (Å²) in [6, 6.07) is 4.97. The van der Waals surface area contributed by atoms with Crippen molar-refractivity contribution < 1.29 is 24.2 Å². The van der Waals surface area contributed by atoms with Crippen LogP contribution in [0.25, 0.3) is 0 Å². The number of halogens is 2. The van der Waals surface area contributed by atoms with E-state index in [0.29, 0.717) is 54.6 Å². The standard InChI is InChI=1S/C26H34Cl2N4O5/c27-20-4-16(5-21(28)8-20)15-37-26(36)31-3-1-2-22(11-31)29-25(35)17-6-18-9-30(10-19(18)7-17)14-24(34)32-12-23(33)13-32/h4-5,8,17-19,22-23,33H,1-3,6-7,9-15H2,(H,29,35)/t17?,18?,19?,22-/m1/s1. The smallest absolute Gasteiger partial charge is 0.410 e. The molecule has 9 nitrogen and oxygen atoms in total. The normalized spacial score (nSPS) is 28.1. The zero-order chi connectivity index (χ0) is 26.1. The highest BCUT2D eigenvalue weighted by molar-refractivity contribution is 6.34. The molecule has 2 N–H and O–H groups in total. The van der Waals surface area contributed by atoms with E-state index in [-0.39, 0.29) is 36.5 Å². The second-order valence-electron chi connectivity index (χ2n) is 11.0. The molecular weight excluding hydrogens is 519 g/mol. The quantitative estimate of drug-likeness (QED) is 0.561. The number of hydrogen-bond donors (Lipinski definition) is 2. The molecule has 1 aromatic carbocycles. The van der Waals surface area contributed by atoms with Gasteiger partial charge in [-0.05, 0) is 61.3 Å². The molecule has 3 atom stereocenters. The summed E-state index contributed by atoms with van der Waals surface area (Å²) in [5.74, 6) is 0.997. The Hall–Kier alpha value is -2.07. The Bertz CT molecular complexity index is 1000. The van der Waals surface area contributed by atoms with E-state index in [1.807, 2.05) is 0 Å². The van der Waals surface area contributed by atoms with Crippen LogP contribution in [-0.2, 0) is 20.9 Å². The van der Waals surface area contributed by atoms with Crippen molar-refractivity contribution in [2.24, 2.45) is 17.8 Å². The van der Waals surface area contributed by atoms with Crippen LogP contribution in [-0.4, -0.2) is 95.7 Å². The van der Waals surface area contributed by atoms with Crippen molar-refractivity contribution in [3.8, 4) is 0 Å². The first-order valence-corrected chi connectivity index (χ1v) is 13.8. The van der Waals surface area contributed by atoms with Gasteiger partial charge in [0.05, 0.1) is 12.6 Å². The monoisotopic (exact) mass is 552 g/mol. The van der Waals surface area contributed by atoms with Crippen LogP contribution in [0.15, 0.2) is 18.2 Å². The molecule has 37 heavy (non-hydrogen) atoms. The number of β-amino-alcohol motifs (C(OH)–C–C–N with tert-alkyl or cyclic N) is 1. The fourth-order valence-electron chi connectivity index (χ4n) is 6.20. The molecule has 1 saturated carbocycles. The molecule has 4 fully saturated rings. The van der Waals surface area contributed by atoms with Crippen LogP contribution in [0.2, 0.25) is 10.0 Å². The highest BCUT2D eigenvalue weighted by atomic mass is 35.5. The van der Waals surface area contributed by atoms with Crippen molar-refractivity contribution in [1.29, 1.82) is 0 Å². The summed E-state index contributed by atoms with van der Waals surface area (Å²) in [5.41, 5.74) is 0.724. The topological polar surface area (TPSA) is 102 Å². The number of hydrogen-bond acceptors (Lipinski definition) is 6. The van der Waals surface area contributed by atoms with E-state index in [1.54, 1.807) is 28.0 Å². The average Bonchev–Trinajstić information content (AvgIpc) is 3.39. The first-order chi connectivity index (χ1) is 17.7. The number of piperidine rings is 1. The van der Waals surface area contributed by atoms with Crippen molar-refractivity contribution in [2.45, 2.75) is 44.4 Å². The van der Waals surface area contributed by atoms with Gasteiger partial charge in [-0.2, -0.15) is 0 Å². The third-order valence-electron chi connectivity index (χ3n) is 8.08. The summed E-state index contributed by atoms with van der Waals surface area (Å²) in [6.45, 7) is 4.08. The lowest BCUT2D eigenvalue weighted by molar-refractivity contribution is -0.142. The van der Waals surface area contributed by atoms with Gasteiger partial charge < -0.3 is 25.0 Å². The number of nitrogens with zero attached hydrogens (tertiary/aromatic N) is 3. The Labute approximate surface area is 227 Å². The molecule has 3 heterocycles. The molecule has 11 heteroatoms. The summed E-state index contributed by atoms with van der Waals surface area (Å²) in [5, 5.41) is 13.6. The summed E-state index contributed by atoms with van der Waals surface area (Å²) >= 11 is 12.0. The number of rotatable bonds is 6. The van der Waals surface area contributed by atoms with Crippen molar-refractivity contribution in [3.05, 3.63) is 33.8 Å². The number of aliphatic hydroxyl groups excluding tert-OH is 1. The molecule has 1 aliphatic carbocycles. The number of ether oxygens (including phenoxy) is 1. The van der Waals surface area contributed by atoms with Gasteiger partial charge in [-0.25, -0.2) is 4.79 Å². The van der Waals surface area contributed by atoms with Crippen molar-refractivity contribution in [2.75, 3.05) is 45.8 Å².